The fourth-order valence-electron chi connectivity index (χ4n) is 2.98. The number of amides is 1. The zero-order valence-electron chi connectivity index (χ0n) is 13.5. The standard InChI is InChI=1S/C16H32N2O2/c1-4-6-14-7-8-16(19)18(11-9-14)12-15(13-20-3)17-10-5-2/h14-15,17H,4-13H2,1-3H3. The van der Waals surface area contributed by atoms with E-state index in [0.717, 1.165) is 51.2 Å². The second-order valence-corrected chi connectivity index (χ2v) is 5.93. The Labute approximate surface area is 124 Å². The van der Waals surface area contributed by atoms with Crippen LogP contribution in [-0.4, -0.2) is 50.2 Å². The summed E-state index contributed by atoms with van der Waals surface area (Å²) in [7, 11) is 1.72. The molecule has 1 saturated heterocycles. The fraction of sp³-hybridized carbons (Fsp3) is 0.938. The van der Waals surface area contributed by atoms with Crippen molar-refractivity contribution in [3.05, 3.63) is 0 Å². The Morgan fingerprint density at radius 1 is 1.35 bits per heavy atom. The first-order valence-corrected chi connectivity index (χ1v) is 8.21. The van der Waals surface area contributed by atoms with Gasteiger partial charge in [-0.05, 0) is 31.7 Å². The van der Waals surface area contributed by atoms with Crippen LogP contribution in [0.2, 0.25) is 0 Å². The molecule has 0 bridgehead atoms. The van der Waals surface area contributed by atoms with Crippen LogP contribution in [-0.2, 0) is 9.53 Å². The molecule has 1 N–H and O–H groups in total. The van der Waals surface area contributed by atoms with E-state index in [9.17, 15) is 4.79 Å². The van der Waals surface area contributed by atoms with E-state index in [1.165, 1.54) is 12.8 Å². The Balaban J connectivity index is 2.48. The molecule has 1 rings (SSSR count). The largest absolute Gasteiger partial charge is 0.383 e. The molecule has 1 aliphatic heterocycles. The zero-order chi connectivity index (χ0) is 14.8. The van der Waals surface area contributed by atoms with Crippen molar-refractivity contribution >= 4 is 5.91 Å². The van der Waals surface area contributed by atoms with Crippen molar-refractivity contribution in [1.29, 1.82) is 0 Å². The maximum atomic E-state index is 12.2. The first-order chi connectivity index (χ1) is 9.71. The highest BCUT2D eigenvalue weighted by Crippen LogP contribution is 2.22. The SMILES string of the molecule is CCCNC(COC)CN1CCC(CCC)CCC1=O. The van der Waals surface area contributed by atoms with E-state index in [1.54, 1.807) is 7.11 Å². The van der Waals surface area contributed by atoms with Crippen molar-refractivity contribution in [2.24, 2.45) is 5.92 Å². The lowest BCUT2D eigenvalue weighted by Crippen LogP contribution is -2.46. The molecule has 118 valence electrons. The fourth-order valence-corrected chi connectivity index (χ4v) is 2.98. The number of methoxy groups -OCH3 is 1. The molecule has 4 heteroatoms. The topological polar surface area (TPSA) is 41.6 Å². The first kappa shape index (κ1) is 17.4. The van der Waals surface area contributed by atoms with Crippen LogP contribution in [0.1, 0.15) is 52.4 Å². The summed E-state index contributed by atoms with van der Waals surface area (Å²) in [4.78, 5) is 14.3. The van der Waals surface area contributed by atoms with Gasteiger partial charge in [0.05, 0.1) is 6.61 Å². The molecule has 1 aliphatic rings. The van der Waals surface area contributed by atoms with Crippen LogP contribution in [0, 0.1) is 5.92 Å². The van der Waals surface area contributed by atoms with Crippen molar-refractivity contribution in [1.82, 2.24) is 10.2 Å². The Kier molecular flexibility index (Phi) is 8.86. The number of nitrogens with one attached hydrogen (secondary N) is 1. The second-order valence-electron chi connectivity index (χ2n) is 5.93. The number of rotatable bonds is 9. The van der Waals surface area contributed by atoms with Gasteiger partial charge in [0.1, 0.15) is 0 Å². The number of likely N-dealkylation sites (tertiary alicyclic amines) is 1. The van der Waals surface area contributed by atoms with Crippen molar-refractivity contribution in [3.8, 4) is 0 Å². The normalized spacial score (nSPS) is 21.9. The van der Waals surface area contributed by atoms with Gasteiger partial charge in [0.2, 0.25) is 5.91 Å². The summed E-state index contributed by atoms with van der Waals surface area (Å²) >= 11 is 0. The molecule has 2 atom stereocenters. The summed E-state index contributed by atoms with van der Waals surface area (Å²) in [5, 5.41) is 3.48. The number of nitrogens with zero attached hydrogens (tertiary/aromatic N) is 1. The van der Waals surface area contributed by atoms with Crippen LogP contribution in [0.25, 0.3) is 0 Å². The minimum Gasteiger partial charge on any atom is -0.383 e. The number of hydrogen-bond acceptors (Lipinski definition) is 3. The summed E-state index contributed by atoms with van der Waals surface area (Å²) in [6, 6.07) is 0.256. The number of ether oxygens (including phenoxy) is 1. The number of carbonyl (C=O) groups is 1. The van der Waals surface area contributed by atoms with Gasteiger partial charge in [0.15, 0.2) is 0 Å². The summed E-state index contributed by atoms with van der Waals surface area (Å²) in [6.45, 7) is 7.73. The molecule has 2 unspecified atom stereocenters. The van der Waals surface area contributed by atoms with Crippen LogP contribution in [0.5, 0.6) is 0 Å². The quantitative estimate of drug-likeness (QED) is 0.707. The third-order valence-corrected chi connectivity index (χ3v) is 4.11. The molecule has 20 heavy (non-hydrogen) atoms. The van der Waals surface area contributed by atoms with E-state index in [2.05, 4.69) is 19.2 Å². The van der Waals surface area contributed by atoms with Crippen LogP contribution >= 0.6 is 0 Å². The van der Waals surface area contributed by atoms with Crippen molar-refractivity contribution in [3.63, 3.8) is 0 Å². The maximum Gasteiger partial charge on any atom is 0.222 e. The van der Waals surface area contributed by atoms with Gasteiger partial charge in [-0.1, -0.05) is 26.7 Å². The highest BCUT2D eigenvalue weighted by molar-refractivity contribution is 5.76. The van der Waals surface area contributed by atoms with E-state index >= 15 is 0 Å². The van der Waals surface area contributed by atoms with E-state index < -0.39 is 0 Å². The Hall–Kier alpha value is -0.610. The third-order valence-electron chi connectivity index (χ3n) is 4.11. The molecule has 0 aromatic carbocycles. The first-order valence-electron chi connectivity index (χ1n) is 8.21. The smallest absolute Gasteiger partial charge is 0.222 e. The zero-order valence-corrected chi connectivity index (χ0v) is 13.5. The number of carbonyl (C=O) groups excluding carboxylic acids is 1. The minimum atomic E-state index is 0.256. The molecule has 1 heterocycles. The molecule has 1 fully saturated rings. The predicted molar refractivity (Wildman–Crippen MR) is 82.8 cm³/mol. The highest BCUT2D eigenvalue weighted by Gasteiger charge is 2.24. The van der Waals surface area contributed by atoms with Gasteiger partial charge in [-0.3, -0.25) is 4.79 Å². The Morgan fingerprint density at radius 2 is 2.15 bits per heavy atom. The molecule has 0 saturated carbocycles. The summed E-state index contributed by atoms with van der Waals surface area (Å²) < 4.78 is 5.27. The highest BCUT2D eigenvalue weighted by atomic mass is 16.5. The lowest BCUT2D eigenvalue weighted by Gasteiger charge is -2.27. The minimum absolute atomic E-state index is 0.256. The monoisotopic (exact) mass is 284 g/mol. The van der Waals surface area contributed by atoms with Gasteiger partial charge in [-0.25, -0.2) is 0 Å². The second kappa shape index (κ2) is 10.2. The van der Waals surface area contributed by atoms with Crippen molar-refractivity contribution in [2.75, 3.05) is 33.4 Å². The summed E-state index contributed by atoms with van der Waals surface area (Å²) in [6.07, 6.45) is 6.54. The molecule has 0 aromatic rings. The van der Waals surface area contributed by atoms with Crippen molar-refractivity contribution < 1.29 is 9.53 Å². The van der Waals surface area contributed by atoms with Gasteiger partial charge in [0, 0.05) is 32.7 Å². The van der Waals surface area contributed by atoms with E-state index in [4.69, 9.17) is 4.74 Å². The van der Waals surface area contributed by atoms with Crippen LogP contribution in [0.4, 0.5) is 0 Å². The molecule has 0 radical (unpaired) electrons. The molecular formula is C16H32N2O2. The number of hydrogen-bond donors (Lipinski definition) is 1. The average molecular weight is 284 g/mol. The lowest BCUT2D eigenvalue weighted by molar-refractivity contribution is -0.131. The lowest BCUT2D eigenvalue weighted by atomic mass is 9.96. The molecule has 4 nitrogen and oxygen atoms in total. The van der Waals surface area contributed by atoms with E-state index in [-0.39, 0.29) is 6.04 Å². The van der Waals surface area contributed by atoms with Gasteiger partial charge in [-0.2, -0.15) is 0 Å². The molecule has 0 spiro atoms. The van der Waals surface area contributed by atoms with Gasteiger partial charge in [0.25, 0.3) is 0 Å². The van der Waals surface area contributed by atoms with Crippen LogP contribution < -0.4 is 5.32 Å². The van der Waals surface area contributed by atoms with Gasteiger partial charge >= 0.3 is 0 Å². The summed E-state index contributed by atoms with van der Waals surface area (Å²) in [5.41, 5.74) is 0. The summed E-state index contributed by atoms with van der Waals surface area (Å²) in [5.74, 6) is 1.06. The van der Waals surface area contributed by atoms with Crippen LogP contribution in [0.3, 0.4) is 0 Å². The Morgan fingerprint density at radius 3 is 2.80 bits per heavy atom. The molecule has 0 aromatic heterocycles. The van der Waals surface area contributed by atoms with E-state index in [0.29, 0.717) is 12.5 Å². The average Bonchev–Trinajstić information content (AvgIpc) is 2.61. The molecule has 0 aliphatic carbocycles. The van der Waals surface area contributed by atoms with Crippen molar-refractivity contribution in [2.45, 2.75) is 58.4 Å². The van der Waals surface area contributed by atoms with Gasteiger partial charge in [-0.15, -0.1) is 0 Å². The molecular weight excluding hydrogens is 252 g/mol. The Bertz CT molecular complexity index is 271. The molecule has 1 amide bonds. The van der Waals surface area contributed by atoms with E-state index in [1.807, 2.05) is 4.90 Å². The van der Waals surface area contributed by atoms with Crippen LogP contribution in [0.15, 0.2) is 0 Å². The maximum absolute atomic E-state index is 12.2. The third kappa shape index (κ3) is 6.23. The van der Waals surface area contributed by atoms with Gasteiger partial charge < -0.3 is 15.0 Å². The predicted octanol–water partition coefficient (Wildman–Crippen LogP) is 2.43.